The molecule has 0 heterocycles. The van der Waals surface area contributed by atoms with Gasteiger partial charge in [-0.1, -0.05) is 5.92 Å². The molecule has 0 saturated heterocycles. The SMILES string of the molecule is C#CCOc1cc([N+](=O)[O-])ccc1[N+](=O)[O-]. The summed E-state index contributed by atoms with van der Waals surface area (Å²) in [6, 6.07) is 3.00. The van der Waals surface area contributed by atoms with Crippen molar-refractivity contribution in [2.45, 2.75) is 0 Å². The van der Waals surface area contributed by atoms with Crippen LogP contribution in [0.25, 0.3) is 0 Å². The number of hydrogen-bond donors (Lipinski definition) is 0. The van der Waals surface area contributed by atoms with Gasteiger partial charge in [-0.05, 0) is 0 Å². The summed E-state index contributed by atoms with van der Waals surface area (Å²) in [5, 5.41) is 21.0. The summed E-state index contributed by atoms with van der Waals surface area (Å²) >= 11 is 0. The van der Waals surface area contributed by atoms with Crippen molar-refractivity contribution < 1.29 is 14.6 Å². The number of rotatable bonds is 4. The van der Waals surface area contributed by atoms with Crippen molar-refractivity contribution in [2.75, 3.05) is 6.61 Å². The van der Waals surface area contributed by atoms with Crippen LogP contribution < -0.4 is 4.74 Å². The number of ether oxygens (including phenoxy) is 1. The third-order valence-electron chi connectivity index (χ3n) is 1.66. The van der Waals surface area contributed by atoms with Crippen LogP contribution in [0.3, 0.4) is 0 Å². The van der Waals surface area contributed by atoms with E-state index in [4.69, 9.17) is 11.2 Å². The Morgan fingerprint density at radius 1 is 1.31 bits per heavy atom. The molecule has 0 fully saturated rings. The first-order valence-electron chi connectivity index (χ1n) is 4.05. The van der Waals surface area contributed by atoms with Gasteiger partial charge in [0.05, 0.1) is 15.9 Å². The molecule has 0 bridgehead atoms. The number of terminal acetylenes is 1. The van der Waals surface area contributed by atoms with E-state index in [0.717, 1.165) is 18.2 Å². The fraction of sp³-hybridized carbons (Fsp3) is 0.111. The third-order valence-corrected chi connectivity index (χ3v) is 1.66. The highest BCUT2D eigenvalue weighted by atomic mass is 16.6. The number of nitro groups is 2. The van der Waals surface area contributed by atoms with Crippen molar-refractivity contribution in [3.63, 3.8) is 0 Å². The van der Waals surface area contributed by atoms with Crippen LogP contribution in [-0.2, 0) is 0 Å². The Balaban J connectivity index is 3.16. The first-order chi connectivity index (χ1) is 7.56. The maximum atomic E-state index is 10.6. The normalized spacial score (nSPS) is 9.19. The van der Waals surface area contributed by atoms with Crippen molar-refractivity contribution in [1.82, 2.24) is 0 Å². The molecule has 0 unspecified atom stereocenters. The van der Waals surface area contributed by atoms with E-state index >= 15 is 0 Å². The average Bonchev–Trinajstić information content (AvgIpc) is 2.25. The van der Waals surface area contributed by atoms with E-state index < -0.39 is 9.85 Å². The minimum Gasteiger partial charge on any atom is -0.474 e. The van der Waals surface area contributed by atoms with Crippen LogP contribution in [-0.4, -0.2) is 16.5 Å². The molecule has 1 rings (SSSR count). The molecule has 0 amide bonds. The van der Waals surface area contributed by atoms with Gasteiger partial charge in [0.1, 0.15) is 6.61 Å². The highest BCUT2D eigenvalue weighted by Crippen LogP contribution is 2.30. The zero-order valence-corrected chi connectivity index (χ0v) is 7.95. The van der Waals surface area contributed by atoms with Crippen LogP contribution in [0.1, 0.15) is 0 Å². The summed E-state index contributed by atoms with van der Waals surface area (Å²) in [6.07, 6.45) is 4.92. The van der Waals surface area contributed by atoms with Gasteiger partial charge in [0.15, 0.2) is 0 Å². The lowest BCUT2D eigenvalue weighted by molar-refractivity contribution is -0.389. The summed E-state index contributed by atoms with van der Waals surface area (Å²) in [4.78, 5) is 19.6. The van der Waals surface area contributed by atoms with Gasteiger partial charge in [0.2, 0.25) is 5.75 Å². The Kier molecular flexibility index (Phi) is 3.40. The number of hydrogen-bond acceptors (Lipinski definition) is 5. The lowest BCUT2D eigenvalue weighted by atomic mass is 10.2. The molecule has 0 radical (unpaired) electrons. The molecule has 1 aromatic carbocycles. The predicted molar refractivity (Wildman–Crippen MR) is 54.1 cm³/mol. The van der Waals surface area contributed by atoms with Crippen molar-refractivity contribution >= 4 is 11.4 Å². The molecular weight excluding hydrogens is 216 g/mol. The van der Waals surface area contributed by atoms with E-state index in [1.807, 2.05) is 0 Å². The van der Waals surface area contributed by atoms with Crippen LogP contribution in [0.15, 0.2) is 18.2 Å². The quantitative estimate of drug-likeness (QED) is 0.437. The zero-order chi connectivity index (χ0) is 12.1. The Labute approximate surface area is 89.9 Å². The molecule has 0 saturated carbocycles. The van der Waals surface area contributed by atoms with Gasteiger partial charge in [-0.15, -0.1) is 6.42 Å². The second-order valence-electron chi connectivity index (χ2n) is 2.66. The highest BCUT2D eigenvalue weighted by molar-refractivity contribution is 5.53. The maximum Gasteiger partial charge on any atom is 0.311 e. The second kappa shape index (κ2) is 4.75. The Bertz CT molecular complexity index is 477. The fourth-order valence-electron chi connectivity index (χ4n) is 1.00. The molecule has 0 N–H and O–H groups in total. The van der Waals surface area contributed by atoms with E-state index in [2.05, 4.69) is 5.92 Å². The first-order valence-corrected chi connectivity index (χ1v) is 4.05. The zero-order valence-electron chi connectivity index (χ0n) is 7.95. The van der Waals surface area contributed by atoms with Gasteiger partial charge in [-0.3, -0.25) is 20.2 Å². The van der Waals surface area contributed by atoms with Crippen LogP contribution in [0, 0.1) is 32.6 Å². The van der Waals surface area contributed by atoms with Gasteiger partial charge in [-0.25, -0.2) is 0 Å². The summed E-state index contributed by atoms with van der Waals surface area (Å²) < 4.78 is 4.86. The topological polar surface area (TPSA) is 95.5 Å². The van der Waals surface area contributed by atoms with Gasteiger partial charge in [-0.2, -0.15) is 0 Å². The van der Waals surface area contributed by atoms with Gasteiger partial charge < -0.3 is 4.74 Å². The number of non-ortho nitro benzene ring substituents is 1. The van der Waals surface area contributed by atoms with Crippen molar-refractivity contribution in [3.8, 4) is 18.1 Å². The summed E-state index contributed by atoms with van der Waals surface area (Å²) in [7, 11) is 0. The molecule has 0 aliphatic rings. The van der Waals surface area contributed by atoms with Crippen molar-refractivity contribution in [3.05, 3.63) is 38.4 Å². The molecule has 82 valence electrons. The van der Waals surface area contributed by atoms with Crippen LogP contribution in [0.5, 0.6) is 5.75 Å². The minimum absolute atomic E-state index is 0.192. The number of nitro benzene ring substituents is 2. The Morgan fingerprint density at radius 2 is 2.00 bits per heavy atom. The first kappa shape index (κ1) is 11.5. The van der Waals surface area contributed by atoms with Crippen LogP contribution in [0.2, 0.25) is 0 Å². The van der Waals surface area contributed by atoms with Crippen molar-refractivity contribution in [2.24, 2.45) is 0 Å². The fourth-order valence-corrected chi connectivity index (χ4v) is 1.00. The van der Waals surface area contributed by atoms with E-state index in [-0.39, 0.29) is 23.7 Å². The van der Waals surface area contributed by atoms with E-state index in [1.165, 1.54) is 0 Å². The number of nitrogens with zero attached hydrogens (tertiary/aromatic N) is 2. The van der Waals surface area contributed by atoms with Crippen molar-refractivity contribution in [1.29, 1.82) is 0 Å². The molecule has 0 aliphatic heterocycles. The molecule has 0 spiro atoms. The van der Waals surface area contributed by atoms with Crippen LogP contribution >= 0.6 is 0 Å². The van der Waals surface area contributed by atoms with Crippen LogP contribution in [0.4, 0.5) is 11.4 Å². The maximum absolute atomic E-state index is 10.6. The minimum atomic E-state index is -0.699. The Hall–Kier alpha value is -2.62. The van der Waals surface area contributed by atoms with E-state index in [9.17, 15) is 20.2 Å². The smallest absolute Gasteiger partial charge is 0.311 e. The van der Waals surface area contributed by atoms with Gasteiger partial charge in [0.25, 0.3) is 5.69 Å². The summed E-state index contributed by atoms with van der Waals surface area (Å²) in [5.74, 6) is 1.91. The van der Waals surface area contributed by atoms with Gasteiger partial charge >= 0.3 is 5.69 Å². The van der Waals surface area contributed by atoms with E-state index in [0.29, 0.717) is 0 Å². The monoisotopic (exact) mass is 222 g/mol. The molecule has 0 atom stereocenters. The van der Waals surface area contributed by atoms with E-state index in [1.54, 1.807) is 0 Å². The largest absolute Gasteiger partial charge is 0.474 e. The molecule has 7 nitrogen and oxygen atoms in total. The molecule has 16 heavy (non-hydrogen) atoms. The standard InChI is InChI=1S/C9H6N2O5/c1-2-5-16-9-6-7(10(12)13)3-4-8(9)11(14)15/h1,3-4,6H,5H2. The number of benzene rings is 1. The predicted octanol–water partition coefficient (Wildman–Crippen LogP) is 1.51. The summed E-state index contributed by atoms with van der Waals surface area (Å²) in [5.41, 5.74) is -0.654. The molecule has 7 heteroatoms. The molecular formula is C9H6N2O5. The highest BCUT2D eigenvalue weighted by Gasteiger charge is 2.19. The Morgan fingerprint density at radius 3 is 2.50 bits per heavy atom. The molecule has 1 aromatic rings. The third kappa shape index (κ3) is 2.45. The average molecular weight is 222 g/mol. The summed E-state index contributed by atoms with van der Waals surface area (Å²) in [6.45, 7) is -0.192. The molecule has 0 aromatic heterocycles. The van der Waals surface area contributed by atoms with Gasteiger partial charge in [0, 0.05) is 12.1 Å². The lowest BCUT2D eigenvalue weighted by Gasteiger charge is -2.02. The lowest BCUT2D eigenvalue weighted by Crippen LogP contribution is -1.99. The second-order valence-corrected chi connectivity index (χ2v) is 2.66. The molecule has 0 aliphatic carbocycles.